The predicted molar refractivity (Wildman–Crippen MR) is 61.1 cm³/mol. The molecule has 0 aromatic heterocycles. The van der Waals surface area contributed by atoms with Crippen molar-refractivity contribution in [3.8, 4) is 5.75 Å². The maximum absolute atomic E-state index is 12.8. The van der Waals surface area contributed by atoms with E-state index in [1.54, 1.807) is 0 Å². The second-order valence-corrected chi connectivity index (χ2v) is 4.55. The number of carboxylic acids is 1. The van der Waals surface area contributed by atoms with E-state index < -0.39 is 28.1 Å². The summed E-state index contributed by atoms with van der Waals surface area (Å²) >= 11 is 0. The maximum atomic E-state index is 12.8. The highest BCUT2D eigenvalue weighted by molar-refractivity contribution is 7.79. The lowest BCUT2D eigenvalue weighted by atomic mass is 9.93. The van der Waals surface area contributed by atoms with Crippen molar-refractivity contribution in [2.24, 2.45) is 0 Å². The summed E-state index contributed by atoms with van der Waals surface area (Å²) in [5, 5.41) is 8.91. The minimum absolute atomic E-state index is 0.327. The van der Waals surface area contributed by atoms with Crippen molar-refractivity contribution in [2.75, 3.05) is 6.61 Å². The van der Waals surface area contributed by atoms with Gasteiger partial charge in [-0.15, -0.1) is 0 Å². The molecule has 0 amide bonds. The summed E-state index contributed by atoms with van der Waals surface area (Å²) in [5.41, 5.74) is 0.560. The number of aliphatic carboxylic acids is 1. The molecule has 19 heavy (non-hydrogen) atoms. The fourth-order valence-corrected chi connectivity index (χ4v) is 1.62. The van der Waals surface area contributed by atoms with Crippen LogP contribution in [0.1, 0.15) is 17.9 Å². The lowest BCUT2D eigenvalue weighted by Crippen LogP contribution is -2.20. The van der Waals surface area contributed by atoms with Crippen LogP contribution in [0.2, 0.25) is 0 Å². The van der Waals surface area contributed by atoms with Gasteiger partial charge in [-0.3, -0.25) is 13.9 Å². The van der Waals surface area contributed by atoms with Crippen LogP contribution in [0.25, 0.3) is 0 Å². The highest BCUT2D eigenvalue weighted by Gasteiger charge is 2.27. The van der Waals surface area contributed by atoms with Crippen LogP contribution in [-0.2, 0) is 15.2 Å². The average molecular weight is 294 g/mol. The van der Waals surface area contributed by atoms with Crippen LogP contribution in [-0.4, -0.2) is 35.2 Å². The van der Waals surface area contributed by atoms with Crippen molar-refractivity contribution in [1.29, 1.82) is 0 Å². The lowest BCUT2D eigenvalue weighted by Gasteiger charge is -2.22. The summed E-state index contributed by atoms with van der Waals surface area (Å²) < 4.78 is 49.6. The van der Waals surface area contributed by atoms with Crippen LogP contribution in [0.5, 0.6) is 5.75 Å². The smallest absolute Gasteiger partial charge is 0.394 e. The molecule has 2 rings (SSSR count). The third-order valence-corrected chi connectivity index (χ3v) is 2.31. The van der Waals surface area contributed by atoms with Crippen molar-refractivity contribution in [3.63, 3.8) is 0 Å². The van der Waals surface area contributed by atoms with Crippen molar-refractivity contribution in [3.05, 3.63) is 29.6 Å². The number of halogens is 1. The number of carbonyl (C=O) groups is 1. The van der Waals surface area contributed by atoms with E-state index in [0.29, 0.717) is 24.3 Å². The molecule has 1 aromatic rings. The summed E-state index contributed by atoms with van der Waals surface area (Å²) in [4.78, 5) is 10.9. The third-order valence-electron chi connectivity index (χ3n) is 2.31. The van der Waals surface area contributed by atoms with Crippen molar-refractivity contribution in [1.82, 2.24) is 0 Å². The molecular weight excluding hydrogens is 283 g/mol. The van der Waals surface area contributed by atoms with Crippen molar-refractivity contribution >= 4 is 16.4 Å². The minimum atomic E-state index is -4.67. The van der Waals surface area contributed by atoms with E-state index >= 15 is 0 Å². The quantitative estimate of drug-likeness (QED) is 0.663. The molecule has 0 aliphatic carbocycles. The molecule has 0 radical (unpaired) electrons. The Morgan fingerprint density at radius 2 is 1.95 bits per heavy atom. The van der Waals surface area contributed by atoms with Gasteiger partial charge in [-0.2, -0.15) is 8.42 Å². The number of rotatable bonds is 1. The van der Waals surface area contributed by atoms with Gasteiger partial charge in [-0.05, 0) is 12.5 Å². The van der Waals surface area contributed by atoms with Crippen LogP contribution < -0.4 is 4.74 Å². The van der Waals surface area contributed by atoms with Gasteiger partial charge in [0, 0.05) is 11.6 Å². The van der Waals surface area contributed by atoms with E-state index in [4.69, 9.17) is 27.4 Å². The first-order valence-corrected chi connectivity index (χ1v) is 6.43. The average Bonchev–Trinajstić information content (AvgIpc) is 2.25. The van der Waals surface area contributed by atoms with Crippen LogP contribution in [0.3, 0.4) is 0 Å². The molecule has 0 saturated heterocycles. The summed E-state index contributed by atoms with van der Waals surface area (Å²) in [6, 6.07) is 3.95. The molecule has 0 fully saturated rings. The van der Waals surface area contributed by atoms with Gasteiger partial charge in [0.25, 0.3) is 0 Å². The summed E-state index contributed by atoms with van der Waals surface area (Å²) in [5.74, 6) is -1.51. The Hall–Kier alpha value is -1.71. The molecule has 0 spiro atoms. The number of carboxylic acid groups (broad SMARTS) is 1. The second kappa shape index (κ2) is 5.95. The summed E-state index contributed by atoms with van der Waals surface area (Å²) in [6.07, 6.45) is 0.438. The molecule has 1 aliphatic rings. The SMILES string of the molecule is O=C(O)C1CCOc2cc(F)ccc21.O=S(=O)(O)O. The van der Waals surface area contributed by atoms with Crippen LogP contribution in [0, 0.1) is 5.82 Å². The second-order valence-electron chi connectivity index (χ2n) is 3.66. The Labute approximate surface area is 108 Å². The molecular formula is C10H11FO7S. The number of fused-ring (bicyclic) bond motifs is 1. The van der Waals surface area contributed by atoms with E-state index in [0.717, 1.165) is 0 Å². The molecule has 0 saturated carbocycles. The van der Waals surface area contributed by atoms with E-state index in [1.807, 2.05) is 0 Å². The van der Waals surface area contributed by atoms with Gasteiger partial charge in [0.1, 0.15) is 11.6 Å². The van der Waals surface area contributed by atoms with E-state index in [9.17, 15) is 9.18 Å². The molecule has 9 heteroatoms. The van der Waals surface area contributed by atoms with Crippen molar-refractivity contribution in [2.45, 2.75) is 12.3 Å². The van der Waals surface area contributed by atoms with Crippen molar-refractivity contribution < 1.29 is 36.6 Å². The highest BCUT2D eigenvalue weighted by Crippen LogP contribution is 2.34. The number of hydrogen-bond acceptors (Lipinski definition) is 4. The van der Waals surface area contributed by atoms with Gasteiger partial charge < -0.3 is 9.84 Å². The zero-order chi connectivity index (χ0) is 14.6. The Balaban J connectivity index is 0.000000312. The van der Waals surface area contributed by atoms with E-state index in [1.165, 1.54) is 18.2 Å². The van der Waals surface area contributed by atoms with Gasteiger partial charge in [0.2, 0.25) is 0 Å². The first kappa shape index (κ1) is 15.3. The monoisotopic (exact) mass is 294 g/mol. The highest BCUT2D eigenvalue weighted by atomic mass is 32.3. The topological polar surface area (TPSA) is 121 Å². The van der Waals surface area contributed by atoms with Crippen LogP contribution in [0.15, 0.2) is 18.2 Å². The summed E-state index contributed by atoms with van der Waals surface area (Å²) in [7, 11) is -4.67. The fourth-order valence-electron chi connectivity index (χ4n) is 1.62. The van der Waals surface area contributed by atoms with Gasteiger partial charge >= 0.3 is 16.4 Å². The molecule has 1 atom stereocenters. The Kier molecular flexibility index (Phi) is 4.81. The van der Waals surface area contributed by atoms with E-state index in [-0.39, 0.29) is 0 Å². The predicted octanol–water partition coefficient (Wildman–Crippen LogP) is 1.12. The van der Waals surface area contributed by atoms with E-state index in [2.05, 4.69) is 0 Å². The first-order valence-electron chi connectivity index (χ1n) is 5.03. The molecule has 3 N–H and O–H groups in total. The Morgan fingerprint density at radius 3 is 2.47 bits per heavy atom. The molecule has 1 heterocycles. The van der Waals surface area contributed by atoms with Crippen LogP contribution in [0.4, 0.5) is 4.39 Å². The normalized spacial score (nSPS) is 17.5. The van der Waals surface area contributed by atoms with Gasteiger partial charge in [-0.1, -0.05) is 6.07 Å². The molecule has 0 bridgehead atoms. The maximum Gasteiger partial charge on any atom is 0.394 e. The molecule has 106 valence electrons. The number of ether oxygens (including phenoxy) is 1. The van der Waals surface area contributed by atoms with Gasteiger partial charge in [0.05, 0.1) is 12.5 Å². The molecule has 1 aliphatic heterocycles. The van der Waals surface area contributed by atoms with Gasteiger partial charge in [0.15, 0.2) is 0 Å². The fraction of sp³-hybridized carbons (Fsp3) is 0.300. The third kappa shape index (κ3) is 5.20. The Morgan fingerprint density at radius 1 is 1.37 bits per heavy atom. The first-order chi connectivity index (χ1) is 8.68. The lowest BCUT2D eigenvalue weighted by molar-refractivity contribution is -0.139. The Bertz CT molecular complexity index is 561. The van der Waals surface area contributed by atoms with Crippen LogP contribution >= 0.6 is 0 Å². The zero-order valence-electron chi connectivity index (χ0n) is 9.48. The summed E-state index contributed by atoms with van der Waals surface area (Å²) in [6.45, 7) is 0.327. The number of benzene rings is 1. The number of hydrogen-bond donors (Lipinski definition) is 3. The molecule has 7 nitrogen and oxygen atoms in total. The van der Waals surface area contributed by atoms with Gasteiger partial charge in [-0.25, -0.2) is 4.39 Å². The largest absolute Gasteiger partial charge is 0.493 e. The zero-order valence-corrected chi connectivity index (χ0v) is 10.3. The molecule has 1 unspecified atom stereocenters. The standard InChI is InChI=1S/C10H9FO3.H2O4S/c11-6-1-2-7-8(10(12)13)3-4-14-9(7)5-6;1-5(2,3)4/h1-2,5,8H,3-4H2,(H,12,13);(H2,1,2,3,4). The minimum Gasteiger partial charge on any atom is -0.493 e. The molecule has 1 aromatic carbocycles.